The van der Waals surface area contributed by atoms with E-state index in [1.165, 1.54) is 32.8 Å². The lowest BCUT2D eigenvalue weighted by molar-refractivity contribution is -0.140. The number of nitrogens with one attached hydrogen (secondary N) is 1. The van der Waals surface area contributed by atoms with Gasteiger partial charge in [-0.3, -0.25) is 4.79 Å². The lowest BCUT2D eigenvalue weighted by atomic mass is 9.94. The molecule has 1 saturated carbocycles. The van der Waals surface area contributed by atoms with E-state index in [0.29, 0.717) is 12.3 Å². The number of methoxy groups -OCH3 is 1. The number of esters is 1. The minimum absolute atomic E-state index is 0.0147. The second-order valence-corrected chi connectivity index (χ2v) is 7.53. The van der Waals surface area contributed by atoms with E-state index >= 15 is 0 Å². The van der Waals surface area contributed by atoms with Crippen molar-refractivity contribution in [2.75, 3.05) is 12.9 Å². The van der Waals surface area contributed by atoms with Gasteiger partial charge in [0, 0.05) is 12.5 Å². The van der Waals surface area contributed by atoms with E-state index < -0.39 is 10.0 Å². The summed E-state index contributed by atoms with van der Waals surface area (Å²) in [4.78, 5) is 11.0. The molecule has 0 spiro atoms. The second-order valence-electron chi connectivity index (χ2n) is 5.66. The lowest BCUT2D eigenvalue weighted by Gasteiger charge is -2.23. The molecule has 0 radical (unpaired) electrons. The molecule has 0 bridgehead atoms. The van der Waals surface area contributed by atoms with Gasteiger partial charge in [0.2, 0.25) is 10.0 Å². The molecule has 5 nitrogen and oxygen atoms in total. The van der Waals surface area contributed by atoms with Crippen molar-refractivity contribution < 1.29 is 17.9 Å². The molecular weight excluding hydrogens is 278 g/mol. The van der Waals surface area contributed by atoms with Crippen molar-refractivity contribution in [1.82, 2.24) is 4.72 Å². The van der Waals surface area contributed by atoms with Crippen LogP contribution in [0.5, 0.6) is 0 Å². The van der Waals surface area contributed by atoms with E-state index in [1.807, 2.05) is 6.92 Å². The van der Waals surface area contributed by atoms with E-state index in [-0.39, 0.29) is 24.2 Å². The number of hydrogen-bond donors (Lipinski definition) is 1. The van der Waals surface area contributed by atoms with Crippen molar-refractivity contribution in [3.8, 4) is 0 Å². The monoisotopic (exact) mass is 305 g/mol. The van der Waals surface area contributed by atoms with Gasteiger partial charge in [-0.25, -0.2) is 13.1 Å². The van der Waals surface area contributed by atoms with Crippen LogP contribution in [0, 0.1) is 5.92 Å². The lowest BCUT2D eigenvalue weighted by Crippen LogP contribution is -2.39. The Balaban J connectivity index is 2.37. The van der Waals surface area contributed by atoms with Crippen molar-refractivity contribution in [1.29, 1.82) is 0 Å². The van der Waals surface area contributed by atoms with Gasteiger partial charge in [0.05, 0.1) is 12.9 Å². The first-order chi connectivity index (χ1) is 9.44. The summed E-state index contributed by atoms with van der Waals surface area (Å²) in [7, 11) is -1.99. The third-order valence-corrected chi connectivity index (χ3v) is 5.55. The molecule has 0 heterocycles. The summed E-state index contributed by atoms with van der Waals surface area (Å²) >= 11 is 0. The van der Waals surface area contributed by atoms with Crippen molar-refractivity contribution in [3.63, 3.8) is 0 Å². The highest BCUT2D eigenvalue weighted by atomic mass is 32.2. The molecule has 0 saturated heterocycles. The highest BCUT2D eigenvalue weighted by Crippen LogP contribution is 2.25. The van der Waals surface area contributed by atoms with Crippen LogP contribution in [0.3, 0.4) is 0 Å². The smallest absolute Gasteiger partial charge is 0.305 e. The maximum absolute atomic E-state index is 12.0. The van der Waals surface area contributed by atoms with Gasteiger partial charge in [-0.2, -0.15) is 0 Å². The fraction of sp³-hybridized carbons (Fsp3) is 0.929. The highest BCUT2D eigenvalue weighted by Gasteiger charge is 2.23. The number of sulfonamides is 1. The number of hydrogen-bond acceptors (Lipinski definition) is 4. The van der Waals surface area contributed by atoms with Gasteiger partial charge in [0.15, 0.2) is 0 Å². The summed E-state index contributed by atoms with van der Waals surface area (Å²) in [6.07, 6.45) is 7.56. The average Bonchev–Trinajstić information content (AvgIpc) is 2.66. The van der Waals surface area contributed by atoms with Crippen LogP contribution in [-0.2, 0) is 19.6 Å². The number of rotatable bonds is 7. The van der Waals surface area contributed by atoms with Gasteiger partial charge in [0.1, 0.15) is 0 Å². The summed E-state index contributed by atoms with van der Waals surface area (Å²) in [5, 5.41) is 0. The Morgan fingerprint density at radius 3 is 2.40 bits per heavy atom. The Labute approximate surface area is 122 Å². The molecule has 0 amide bonds. The molecule has 0 unspecified atom stereocenters. The quantitative estimate of drug-likeness (QED) is 0.578. The molecule has 0 aromatic rings. The van der Waals surface area contributed by atoms with Crippen LogP contribution >= 0.6 is 0 Å². The van der Waals surface area contributed by atoms with E-state index in [0.717, 1.165) is 12.8 Å². The van der Waals surface area contributed by atoms with Crippen molar-refractivity contribution in [2.45, 2.75) is 64.3 Å². The maximum Gasteiger partial charge on any atom is 0.305 e. The van der Waals surface area contributed by atoms with Crippen molar-refractivity contribution >= 4 is 16.0 Å². The average molecular weight is 305 g/mol. The highest BCUT2D eigenvalue weighted by molar-refractivity contribution is 7.89. The van der Waals surface area contributed by atoms with E-state index in [1.54, 1.807) is 0 Å². The van der Waals surface area contributed by atoms with Gasteiger partial charge >= 0.3 is 5.97 Å². The van der Waals surface area contributed by atoms with Gasteiger partial charge in [-0.15, -0.1) is 0 Å². The van der Waals surface area contributed by atoms with Crippen LogP contribution in [0.25, 0.3) is 0 Å². The van der Waals surface area contributed by atoms with E-state index in [2.05, 4.69) is 9.46 Å². The van der Waals surface area contributed by atoms with Crippen LogP contribution in [-0.4, -0.2) is 33.3 Å². The standard InChI is InChI=1S/C14H27NO4S/c1-12(13-8-5-3-4-6-9-13)15-20(17,18)11-7-10-14(16)19-2/h12-13,15H,3-11H2,1-2H3/t12-/m0/s1. The molecule has 1 fully saturated rings. The molecule has 1 rings (SSSR count). The summed E-state index contributed by atoms with van der Waals surface area (Å²) in [6, 6.07) is -0.0174. The molecule has 0 aromatic carbocycles. The SMILES string of the molecule is COC(=O)CCCS(=O)(=O)N[C@@H](C)C1CCCCCC1. The van der Waals surface area contributed by atoms with Gasteiger partial charge in [0.25, 0.3) is 0 Å². The zero-order chi connectivity index (χ0) is 15.0. The Bertz CT molecular complexity index is 386. The number of ether oxygens (including phenoxy) is 1. The second kappa shape index (κ2) is 8.62. The minimum atomic E-state index is -3.30. The Morgan fingerprint density at radius 2 is 1.85 bits per heavy atom. The van der Waals surface area contributed by atoms with Crippen LogP contribution in [0.15, 0.2) is 0 Å². The summed E-state index contributed by atoms with van der Waals surface area (Å²) in [5.41, 5.74) is 0. The molecule has 1 aliphatic rings. The first kappa shape index (κ1) is 17.4. The molecule has 0 aliphatic heterocycles. The summed E-state index contributed by atoms with van der Waals surface area (Å²) < 4.78 is 31.2. The zero-order valence-electron chi connectivity index (χ0n) is 12.6. The zero-order valence-corrected chi connectivity index (χ0v) is 13.4. The van der Waals surface area contributed by atoms with Crippen LogP contribution in [0.4, 0.5) is 0 Å². The summed E-state index contributed by atoms with van der Waals surface area (Å²) in [5.74, 6) is 0.0593. The maximum atomic E-state index is 12.0. The first-order valence-corrected chi connectivity index (χ1v) is 9.16. The molecular formula is C14H27NO4S. The van der Waals surface area contributed by atoms with Gasteiger partial charge in [-0.05, 0) is 32.1 Å². The first-order valence-electron chi connectivity index (χ1n) is 7.51. The van der Waals surface area contributed by atoms with E-state index in [4.69, 9.17) is 0 Å². The molecule has 1 atom stereocenters. The predicted molar refractivity (Wildman–Crippen MR) is 78.8 cm³/mol. The van der Waals surface area contributed by atoms with Gasteiger partial charge < -0.3 is 4.74 Å². The topological polar surface area (TPSA) is 72.5 Å². The van der Waals surface area contributed by atoms with Gasteiger partial charge in [-0.1, -0.05) is 25.7 Å². The molecule has 118 valence electrons. The van der Waals surface area contributed by atoms with Crippen molar-refractivity contribution in [2.24, 2.45) is 5.92 Å². The summed E-state index contributed by atoms with van der Waals surface area (Å²) in [6.45, 7) is 1.95. The fourth-order valence-electron chi connectivity index (χ4n) is 2.76. The molecule has 6 heteroatoms. The largest absolute Gasteiger partial charge is 0.469 e. The molecule has 1 N–H and O–H groups in total. The number of carbonyl (C=O) groups is 1. The fourth-order valence-corrected chi connectivity index (χ4v) is 4.16. The van der Waals surface area contributed by atoms with Crippen LogP contribution in [0.1, 0.15) is 58.3 Å². The third kappa shape index (κ3) is 6.70. The Morgan fingerprint density at radius 1 is 1.25 bits per heavy atom. The Kier molecular flexibility index (Phi) is 7.51. The minimum Gasteiger partial charge on any atom is -0.469 e. The Hall–Kier alpha value is -0.620. The number of carbonyl (C=O) groups excluding carboxylic acids is 1. The molecule has 0 aromatic heterocycles. The van der Waals surface area contributed by atoms with Crippen LogP contribution in [0.2, 0.25) is 0 Å². The third-order valence-electron chi connectivity index (χ3n) is 3.99. The van der Waals surface area contributed by atoms with Crippen molar-refractivity contribution in [3.05, 3.63) is 0 Å². The van der Waals surface area contributed by atoms with Crippen LogP contribution < -0.4 is 4.72 Å². The normalized spacial score (nSPS) is 19.3. The molecule has 20 heavy (non-hydrogen) atoms. The predicted octanol–water partition coefficient (Wildman–Crippen LogP) is 2.22. The van der Waals surface area contributed by atoms with E-state index in [9.17, 15) is 13.2 Å². The molecule has 1 aliphatic carbocycles.